The Hall–Kier alpha value is -2.88. The van der Waals surface area contributed by atoms with Gasteiger partial charge in [-0.15, -0.1) is 0 Å². The molecule has 0 bridgehead atoms. The maximum Gasteiger partial charge on any atom is 0.275 e. The Kier molecular flexibility index (Phi) is 3.74. The Balaban J connectivity index is 2.00. The first-order chi connectivity index (χ1) is 10.7. The topological polar surface area (TPSA) is 50.7 Å². The number of aliphatic imine (C=N–C) groups is 1. The average Bonchev–Trinajstić information content (AvgIpc) is 2.89. The van der Waals surface area contributed by atoms with Crippen LogP contribution < -0.4 is 10.1 Å². The number of nitrogens with zero attached hydrogens (tertiary/aromatic N) is 1. The van der Waals surface area contributed by atoms with E-state index in [9.17, 15) is 4.79 Å². The summed E-state index contributed by atoms with van der Waals surface area (Å²) in [5, 5.41) is 2.82. The summed E-state index contributed by atoms with van der Waals surface area (Å²) in [6, 6.07) is 15.4. The third-order valence-corrected chi connectivity index (χ3v) is 3.53. The molecule has 1 N–H and O–H groups in total. The van der Waals surface area contributed by atoms with Crippen LogP contribution in [0.5, 0.6) is 5.75 Å². The monoisotopic (exact) mass is 292 g/mol. The summed E-state index contributed by atoms with van der Waals surface area (Å²) < 4.78 is 5.30. The molecule has 0 aromatic heterocycles. The molecule has 0 saturated carbocycles. The molecule has 1 amide bonds. The minimum absolute atomic E-state index is 0.204. The van der Waals surface area contributed by atoms with Gasteiger partial charge in [0.2, 0.25) is 0 Å². The average molecular weight is 292 g/mol. The number of nitrogens with one attached hydrogen (secondary N) is 1. The zero-order valence-corrected chi connectivity index (χ0v) is 12.5. The highest BCUT2D eigenvalue weighted by Crippen LogP contribution is 2.23. The fraction of sp³-hybridized carbons (Fsp3) is 0.111. The molecule has 110 valence electrons. The molecule has 0 radical (unpaired) electrons. The number of amides is 1. The molecule has 0 spiro atoms. The van der Waals surface area contributed by atoms with Gasteiger partial charge in [0.15, 0.2) is 0 Å². The van der Waals surface area contributed by atoms with Gasteiger partial charge in [0.05, 0.1) is 7.11 Å². The van der Waals surface area contributed by atoms with Crippen LogP contribution in [0.25, 0.3) is 6.08 Å². The lowest BCUT2D eigenvalue weighted by Crippen LogP contribution is -2.25. The van der Waals surface area contributed by atoms with Crippen molar-refractivity contribution in [3.05, 3.63) is 70.9 Å². The first kappa shape index (κ1) is 14.1. The first-order valence-electron chi connectivity index (χ1n) is 7.00. The Morgan fingerprint density at radius 2 is 1.82 bits per heavy atom. The highest BCUT2D eigenvalue weighted by molar-refractivity contribution is 6.20. The van der Waals surface area contributed by atoms with E-state index in [1.807, 2.05) is 55.5 Å². The quantitative estimate of drug-likeness (QED) is 0.884. The molecule has 22 heavy (non-hydrogen) atoms. The van der Waals surface area contributed by atoms with Gasteiger partial charge in [-0.25, -0.2) is 4.99 Å². The lowest BCUT2D eigenvalue weighted by molar-refractivity contribution is -0.115. The normalized spacial score (nSPS) is 15.6. The van der Waals surface area contributed by atoms with Crippen molar-refractivity contribution in [1.29, 1.82) is 0 Å². The molecule has 2 aromatic carbocycles. The SMILES string of the molecule is COc1ccccc1/C=C1\N=C(c2ccccc2C)NC1=O. The van der Waals surface area contributed by atoms with Gasteiger partial charge in [0, 0.05) is 11.1 Å². The Morgan fingerprint density at radius 1 is 1.09 bits per heavy atom. The van der Waals surface area contributed by atoms with E-state index in [0.717, 1.165) is 16.7 Å². The van der Waals surface area contributed by atoms with E-state index < -0.39 is 0 Å². The largest absolute Gasteiger partial charge is 0.496 e. The van der Waals surface area contributed by atoms with Gasteiger partial charge < -0.3 is 10.1 Å². The van der Waals surface area contributed by atoms with E-state index in [1.54, 1.807) is 13.2 Å². The van der Waals surface area contributed by atoms with Gasteiger partial charge in [-0.2, -0.15) is 0 Å². The number of ether oxygens (including phenoxy) is 1. The predicted octanol–water partition coefficient (Wildman–Crippen LogP) is 2.92. The molecule has 0 unspecified atom stereocenters. The van der Waals surface area contributed by atoms with E-state index in [0.29, 0.717) is 17.3 Å². The van der Waals surface area contributed by atoms with Crippen LogP contribution in [0, 0.1) is 6.92 Å². The fourth-order valence-electron chi connectivity index (χ4n) is 2.37. The molecule has 0 fully saturated rings. The molecular formula is C18H16N2O2. The van der Waals surface area contributed by atoms with E-state index in [1.165, 1.54) is 0 Å². The number of aryl methyl sites for hydroxylation is 1. The molecule has 2 aromatic rings. The molecule has 3 rings (SSSR count). The third kappa shape index (κ3) is 2.63. The summed E-state index contributed by atoms with van der Waals surface area (Å²) in [5.41, 5.74) is 3.20. The highest BCUT2D eigenvalue weighted by Gasteiger charge is 2.22. The van der Waals surface area contributed by atoms with E-state index in [-0.39, 0.29) is 5.91 Å². The summed E-state index contributed by atoms with van der Waals surface area (Å²) in [4.78, 5) is 16.6. The van der Waals surface area contributed by atoms with Crippen LogP contribution in [0.1, 0.15) is 16.7 Å². The molecule has 1 heterocycles. The third-order valence-electron chi connectivity index (χ3n) is 3.53. The van der Waals surface area contributed by atoms with Crippen LogP contribution in [0.15, 0.2) is 59.2 Å². The lowest BCUT2D eigenvalue weighted by Gasteiger charge is -2.03. The van der Waals surface area contributed by atoms with E-state index in [4.69, 9.17) is 4.74 Å². The van der Waals surface area contributed by atoms with Gasteiger partial charge in [-0.3, -0.25) is 4.79 Å². The van der Waals surface area contributed by atoms with E-state index >= 15 is 0 Å². The van der Waals surface area contributed by atoms with Gasteiger partial charge >= 0.3 is 0 Å². The second-order valence-corrected chi connectivity index (χ2v) is 5.00. The molecule has 0 saturated heterocycles. The number of hydrogen-bond acceptors (Lipinski definition) is 3. The van der Waals surface area contributed by atoms with Crippen LogP contribution in [0.2, 0.25) is 0 Å². The zero-order chi connectivity index (χ0) is 15.5. The number of benzene rings is 2. The Bertz CT molecular complexity index is 791. The number of rotatable bonds is 3. The summed E-state index contributed by atoms with van der Waals surface area (Å²) in [5.74, 6) is 1.09. The number of carbonyl (C=O) groups is 1. The summed E-state index contributed by atoms with van der Waals surface area (Å²) in [6.07, 6.45) is 1.74. The van der Waals surface area contributed by atoms with Crippen molar-refractivity contribution in [2.24, 2.45) is 4.99 Å². The minimum atomic E-state index is -0.204. The number of para-hydroxylation sites is 1. The van der Waals surface area contributed by atoms with Crippen molar-refractivity contribution in [3.8, 4) is 5.75 Å². The summed E-state index contributed by atoms with van der Waals surface area (Å²) in [6.45, 7) is 1.99. The fourth-order valence-corrected chi connectivity index (χ4v) is 2.37. The van der Waals surface area contributed by atoms with Crippen LogP contribution in [-0.4, -0.2) is 18.9 Å². The van der Waals surface area contributed by atoms with Crippen molar-refractivity contribution >= 4 is 17.8 Å². The second-order valence-electron chi connectivity index (χ2n) is 5.00. The Morgan fingerprint density at radius 3 is 2.59 bits per heavy atom. The van der Waals surface area contributed by atoms with Crippen LogP contribution in [-0.2, 0) is 4.79 Å². The summed E-state index contributed by atoms with van der Waals surface area (Å²) in [7, 11) is 1.61. The number of methoxy groups -OCH3 is 1. The second kappa shape index (κ2) is 5.85. The van der Waals surface area contributed by atoms with Crippen molar-refractivity contribution in [2.75, 3.05) is 7.11 Å². The number of amidine groups is 1. The molecular weight excluding hydrogens is 276 g/mol. The van der Waals surface area contributed by atoms with E-state index in [2.05, 4.69) is 10.3 Å². The molecule has 1 aliphatic heterocycles. The van der Waals surface area contributed by atoms with Gasteiger partial charge in [0.25, 0.3) is 5.91 Å². The summed E-state index contributed by atoms with van der Waals surface area (Å²) >= 11 is 0. The van der Waals surface area contributed by atoms with Crippen LogP contribution >= 0.6 is 0 Å². The van der Waals surface area contributed by atoms with Crippen LogP contribution in [0.3, 0.4) is 0 Å². The maximum atomic E-state index is 12.1. The van der Waals surface area contributed by atoms with Gasteiger partial charge in [0.1, 0.15) is 17.3 Å². The smallest absolute Gasteiger partial charge is 0.275 e. The maximum absolute atomic E-state index is 12.1. The number of carbonyl (C=O) groups excluding carboxylic acids is 1. The molecule has 0 aliphatic carbocycles. The minimum Gasteiger partial charge on any atom is -0.496 e. The van der Waals surface area contributed by atoms with Crippen molar-refractivity contribution in [3.63, 3.8) is 0 Å². The van der Waals surface area contributed by atoms with Crippen molar-refractivity contribution < 1.29 is 9.53 Å². The van der Waals surface area contributed by atoms with Crippen LogP contribution in [0.4, 0.5) is 0 Å². The highest BCUT2D eigenvalue weighted by atomic mass is 16.5. The van der Waals surface area contributed by atoms with Crippen molar-refractivity contribution in [2.45, 2.75) is 6.92 Å². The van der Waals surface area contributed by atoms with Crippen molar-refractivity contribution in [1.82, 2.24) is 5.32 Å². The lowest BCUT2D eigenvalue weighted by atomic mass is 10.1. The molecule has 0 atom stereocenters. The molecule has 4 heteroatoms. The van der Waals surface area contributed by atoms with Gasteiger partial charge in [-0.1, -0.05) is 42.5 Å². The Labute approximate surface area is 129 Å². The molecule has 1 aliphatic rings. The first-order valence-corrected chi connectivity index (χ1v) is 7.00. The number of hydrogen-bond donors (Lipinski definition) is 1. The zero-order valence-electron chi connectivity index (χ0n) is 12.5. The standard InChI is InChI=1S/C18H16N2O2/c1-12-7-3-5-9-14(12)17-19-15(18(21)20-17)11-13-8-4-6-10-16(13)22-2/h3-11H,1-2H3,(H,19,20,21)/b15-11-. The predicted molar refractivity (Wildman–Crippen MR) is 86.8 cm³/mol. The van der Waals surface area contributed by atoms with Gasteiger partial charge in [-0.05, 0) is 24.6 Å². The molecule has 4 nitrogen and oxygen atoms in total.